The zero-order valence-corrected chi connectivity index (χ0v) is 21.3. The number of ether oxygens (including phenoxy) is 1. The number of halogens is 1. The van der Waals surface area contributed by atoms with E-state index in [9.17, 15) is 9.59 Å². The van der Waals surface area contributed by atoms with Crippen LogP contribution in [0.3, 0.4) is 0 Å². The molecular weight excluding hydrogens is 514 g/mol. The van der Waals surface area contributed by atoms with E-state index in [2.05, 4.69) is 44.0 Å². The van der Waals surface area contributed by atoms with Gasteiger partial charge in [-0.05, 0) is 77.9 Å². The molecule has 176 valence electrons. The quantitative estimate of drug-likeness (QED) is 0.337. The van der Waals surface area contributed by atoms with Crippen molar-refractivity contribution in [3.8, 4) is 5.75 Å². The number of para-hydroxylation sites is 1. The van der Waals surface area contributed by atoms with E-state index in [0.29, 0.717) is 33.6 Å². The van der Waals surface area contributed by atoms with E-state index in [0.717, 1.165) is 6.42 Å². The molecule has 2 amide bonds. The lowest BCUT2D eigenvalue weighted by Crippen LogP contribution is -2.35. The minimum atomic E-state index is -0.377. The molecule has 0 spiro atoms. The summed E-state index contributed by atoms with van der Waals surface area (Å²) in [6.07, 6.45) is 0.784. The van der Waals surface area contributed by atoms with Gasteiger partial charge in [0.1, 0.15) is 5.75 Å². The van der Waals surface area contributed by atoms with E-state index >= 15 is 0 Å². The Bertz CT molecular complexity index is 1170. The van der Waals surface area contributed by atoms with Crippen molar-refractivity contribution in [1.29, 1.82) is 0 Å². The molecule has 0 fully saturated rings. The molecule has 3 N–H and O–H groups in total. The SMILES string of the molecule is CC(C)NC(=O)c1ccccc1NC(=S)NC(=O)c1ccc(OCCc2ccccc2)c(Br)c1. The smallest absolute Gasteiger partial charge is 0.257 e. The minimum absolute atomic E-state index is 0.00375. The molecule has 34 heavy (non-hydrogen) atoms. The molecule has 0 saturated heterocycles. The molecule has 0 aliphatic rings. The highest BCUT2D eigenvalue weighted by atomic mass is 79.9. The summed E-state index contributed by atoms with van der Waals surface area (Å²) in [6, 6.07) is 22.1. The number of hydrogen-bond donors (Lipinski definition) is 3. The number of rotatable bonds is 8. The zero-order chi connectivity index (χ0) is 24.5. The maximum absolute atomic E-state index is 12.7. The van der Waals surface area contributed by atoms with E-state index in [1.807, 2.05) is 32.0 Å². The Morgan fingerprint density at radius 2 is 1.68 bits per heavy atom. The van der Waals surface area contributed by atoms with Crippen LogP contribution in [0.1, 0.15) is 40.1 Å². The third kappa shape index (κ3) is 7.40. The summed E-state index contributed by atoms with van der Waals surface area (Å²) in [7, 11) is 0. The number of nitrogens with one attached hydrogen (secondary N) is 3. The van der Waals surface area contributed by atoms with E-state index in [4.69, 9.17) is 17.0 Å². The van der Waals surface area contributed by atoms with Crippen molar-refractivity contribution in [2.24, 2.45) is 0 Å². The monoisotopic (exact) mass is 539 g/mol. The van der Waals surface area contributed by atoms with E-state index in [1.54, 1.807) is 42.5 Å². The number of carbonyl (C=O) groups is 2. The fourth-order valence-corrected chi connectivity index (χ4v) is 3.84. The van der Waals surface area contributed by atoms with Crippen LogP contribution >= 0.6 is 28.1 Å². The summed E-state index contributed by atoms with van der Waals surface area (Å²) in [5.41, 5.74) is 2.55. The Morgan fingerprint density at radius 1 is 0.971 bits per heavy atom. The van der Waals surface area contributed by atoms with Crippen LogP contribution < -0.4 is 20.7 Å². The van der Waals surface area contributed by atoms with Crippen LogP contribution in [0.5, 0.6) is 5.75 Å². The van der Waals surface area contributed by atoms with Crippen molar-refractivity contribution in [3.05, 3.63) is 94.0 Å². The molecule has 3 aromatic carbocycles. The highest BCUT2D eigenvalue weighted by molar-refractivity contribution is 9.10. The largest absolute Gasteiger partial charge is 0.492 e. The van der Waals surface area contributed by atoms with E-state index < -0.39 is 0 Å². The van der Waals surface area contributed by atoms with Crippen LogP contribution in [0.25, 0.3) is 0 Å². The Hall–Kier alpha value is -3.23. The lowest BCUT2D eigenvalue weighted by atomic mass is 10.1. The van der Waals surface area contributed by atoms with Crippen molar-refractivity contribution in [2.45, 2.75) is 26.3 Å². The second kappa shape index (κ2) is 12.3. The number of benzene rings is 3. The molecule has 8 heteroatoms. The number of thiocarbonyl (C=S) groups is 1. The molecule has 0 atom stereocenters. The second-order valence-corrected chi connectivity index (χ2v) is 9.07. The van der Waals surface area contributed by atoms with Crippen molar-refractivity contribution in [1.82, 2.24) is 10.6 Å². The first kappa shape index (κ1) is 25.4. The number of anilines is 1. The molecule has 0 aliphatic carbocycles. The van der Waals surface area contributed by atoms with Crippen molar-refractivity contribution in [2.75, 3.05) is 11.9 Å². The van der Waals surface area contributed by atoms with Crippen LogP contribution in [0.15, 0.2) is 77.3 Å². The molecule has 0 saturated carbocycles. The van der Waals surface area contributed by atoms with Gasteiger partial charge in [-0.3, -0.25) is 14.9 Å². The molecule has 0 unspecified atom stereocenters. The van der Waals surface area contributed by atoms with Crippen molar-refractivity contribution < 1.29 is 14.3 Å². The predicted octanol–water partition coefficient (Wildman–Crippen LogP) is 5.34. The maximum Gasteiger partial charge on any atom is 0.257 e. The van der Waals surface area contributed by atoms with E-state index in [-0.39, 0.29) is 23.0 Å². The third-order valence-electron chi connectivity index (χ3n) is 4.75. The Labute approximate surface area is 213 Å². The molecule has 0 aliphatic heterocycles. The minimum Gasteiger partial charge on any atom is -0.492 e. The molecule has 3 aromatic rings. The lowest BCUT2D eigenvalue weighted by Gasteiger charge is -2.15. The fraction of sp³-hybridized carbons (Fsp3) is 0.192. The molecular formula is C26H26BrN3O3S. The van der Waals surface area contributed by atoms with Gasteiger partial charge in [-0.25, -0.2) is 0 Å². The molecule has 3 rings (SSSR count). The maximum atomic E-state index is 12.7. The summed E-state index contributed by atoms with van der Waals surface area (Å²) < 4.78 is 6.51. The van der Waals surface area contributed by atoms with Crippen LogP contribution in [0.2, 0.25) is 0 Å². The normalized spacial score (nSPS) is 10.5. The Kier molecular flexibility index (Phi) is 9.18. The van der Waals surface area contributed by atoms with Gasteiger partial charge in [0.15, 0.2) is 5.11 Å². The van der Waals surface area contributed by atoms with Gasteiger partial charge in [0, 0.05) is 18.0 Å². The molecule has 0 aromatic heterocycles. The third-order valence-corrected chi connectivity index (χ3v) is 5.58. The topological polar surface area (TPSA) is 79.5 Å². The van der Waals surface area contributed by atoms with Crippen LogP contribution in [-0.2, 0) is 6.42 Å². The molecule has 0 radical (unpaired) electrons. The molecule has 6 nitrogen and oxygen atoms in total. The first-order valence-electron chi connectivity index (χ1n) is 10.8. The van der Waals surface area contributed by atoms with Gasteiger partial charge in [-0.1, -0.05) is 42.5 Å². The second-order valence-electron chi connectivity index (χ2n) is 7.81. The zero-order valence-electron chi connectivity index (χ0n) is 18.9. The average Bonchev–Trinajstić information content (AvgIpc) is 2.80. The number of amides is 2. The van der Waals surface area contributed by atoms with Crippen LogP contribution in [-0.4, -0.2) is 29.6 Å². The lowest BCUT2D eigenvalue weighted by molar-refractivity contribution is 0.0942. The molecule has 0 bridgehead atoms. The summed E-state index contributed by atoms with van der Waals surface area (Å²) in [5.74, 6) is 0.0513. The summed E-state index contributed by atoms with van der Waals surface area (Å²) >= 11 is 8.77. The van der Waals surface area contributed by atoms with E-state index in [1.165, 1.54) is 5.56 Å². The summed E-state index contributed by atoms with van der Waals surface area (Å²) in [4.78, 5) is 25.1. The van der Waals surface area contributed by atoms with Crippen molar-refractivity contribution in [3.63, 3.8) is 0 Å². The van der Waals surface area contributed by atoms with Gasteiger partial charge >= 0.3 is 0 Å². The first-order valence-corrected chi connectivity index (χ1v) is 12.0. The highest BCUT2D eigenvalue weighted by Gasteiger charge is 2.15. The van der Waals surface area contributed by atoms with Crippen LogP contribution in [0.4, 0.5) is 5.69 Å². The van der Waals surface area contributed by atoms with Gasteiger partial charge in [-0.2, -0.15) is 0 Å². The van der Waals surface area contributed by atoms with Gasteiger partial charge in [-0.15, -0.1) is 0 Å². The predicted molar refractivity (Wildman–Crippen MR) is 143 cm³/mol. The standard InChI is InChI=1S/C26H26BrN3O3S/c1-17(2)28-25(32)20-10-6-7-11-22(20)29-26(34)30-24(31)19-12-13-23(21(27)16-19)33-15-14-18-8-4-3-5-9-18/h3-13,16-17H,14-15H2,1-2H3,(H,28,32)(H2,29,30,31,34). The van der Waals surface area contributed by atoms with Crippen LogP contribution in [0, 0.1) is 0 Å². The van der Waals surface area contributed by atoms with Gasteiger partial charge in [0.25, 0.3) is 11.8 Å². The number of hydrogen-bond acceptors (Lipinski definition) is 4. The van der Waals surface area contributed by atoms with Gasteiger partial charge < -0.3 is 15.4 Å². The summed E-state index contributed by atoms with van der Waals surface area (Å²) in [5, 5.41) is 8.53. The number of carbonyl (C=O) groups excluding carboxylic acids is 2. The fourth-order valence-electron chi connectivity index (χ4n) is 3.14. The first-order chi connectivity index (χ1) is 16.3. The van der Waals surface area contributed by atoms with Crippen molar-refractivity contribution >= 4 is 50.8 Å². The van der Waals surface area contributed by atoms with Gasteiger partial charge in [0.05, 0.1) is 22.3 Å². The highest BCUT2D eigenvalue weighted by Crippen LogP contribution is 2.26. The average molecular weight is 540 g/mol. The summed E-state index contributed by atoms with van der Waals surface area (Å²) in [6.45, 7) is 4.29. The Morgan fingerprint density at radius 3 is 2.38 bits per heavy atom. The molecule has 0 heterocycles. The Balaban J connectivity index is 1.58. The van der Waals surface area contributed by atoms with Gasteiger partial charge in [0.2, 0.25) is 0 Å².